The van der Waals surface area contributed by atoms with Crippen LogP contribution < -0.4 is 5.73 Å². The Labute approximate surface area is 108 Å². The quantitative estimate of drug-likeness (QED) is 0.765. The summed E-state index contributed by atoms with van der Waals surface area (Å²) in [5, 5.41) is 0. The van der Waals surface area contributed by atoms with Crippen LogP contribution in [-0.4, -0.2) is 6.54 Å². The van der Waals surface area contributed by atoms with Gasteiger partial charge in [0.2, 0.25) is 0 Å². The lowest BCUT2D eigenvalue weighted by Crippen LogP contribution is -2.35. The molecule has 2 fully saturated rings. The van der Waals surface area contributed by atoms with Crippen molar-refractivity contribution in [3.05, 3.63) is 0 Å². The van der Waals surface area contributed by atoms with Crippen LogP contribution in [0.3, 0.4) is 0 Å². The summed E-state index contributed by atoms with van der Waals surface area (Å²) in [5.74, 6) is 1.95. The van der Waals surface area contributed by atoms with E-state index in [2.05, 4.69) is 6.92 Å². The molecule has 1 heteroatoms. The lowest BCUT2D eigenvalue weighted by atomic mass is 9.66. The predicted molar refractivity (Wildman–Crippen MR) is 74.9 cm³/mol. The summed E-state index contributed by atoms with van der Waals surface area (Å²) in [6.45, 7) is 3.36. The average Bonchev–Trinajstić information content (AvgIpc) is 2.38. The summed E-state index contributed by atoms with van der Waals surface area (Å²) in [7, 11) is 0. The molecule has 0 radical (unpaired) electrons. The van der Waals surface area contributed by atoms with Gasteiger partial charge in [0, 0.05) is 0 Å². The largest absolute Gasteiger partial charge is 0.330 e. The van der Waals surface area contributed by atoms with E-state index in [1.807, 2.05) is 0 Å². The zero-order chi connectivity index (χ0) is 12.1. The fraction of sp³-hybridized carbons (Fsp3) is 1.00. The first-order chi connectivity index (χ1) is 8.24. The molecule has 2 unspecified atom stereocenters. The van der Waals surface area contributed by atoms with Crippen LogP contribution in [-0.2, 0) is 0 Å². The zero-order valence-electron chi connectivity index (χ0n) is 11.7. The van der Waals surface area contributed by atoms with E-state index in [0.29, 0.717) is 5.41 Å². The molecule has 0 bridgehead atoms. The summed E-state index contributed by atoms with van der Waals surface area (Å²) in [5.41, 5.74) is 6.64. The number of nitrogens with two attached hydrogens (primary N) is 1. The van der Waals surface area contributed by atoms with E-state index >= 15 is 0 Å². The van der Waals surface area contributed by atoms with Gasteiger partial charge < -0.3 is 5.73 Å². The van der Waals surface area contributed by atoms with Crippen molar-refractivity contribution in [1.29, 1.82) is 0 Å². The molecule has 2 N–H and O–H groups in total. The maximum Gasteiger partial charge on any atom is -0.00204 e. The highest BCUT2D eigenvalue weighted by Crippen LogP contribution is 2.43. The molecule has 0 aromatic heterocycles. The van der Waals surface area contributed by atoms with Gasteiger partial charge in [0.1, 0.15) is 0 Å². The Kier molecular flexibility index (Phi) is 4.90. The van der Waals surface area contributed by atoms with Gasteiger partial charge in [-0.2, -0.15) is 0 Å². The fourth-order valence-corrected chi connectivity index (χ4v) is 4.27. The molecule has 0 amide bonds. The summed E-state index contributed by atoms with van der Waals surface area (Å²) < 4.78 is 0. The topological polar surface area (TPSA) is 26.0 Å². The smallest absolute Gasteiger partial charge is 0.00204 e. The molecule has 0 aliphatic heterocycles. The van der Waals surface area contributed by atoms with Gasteiger partial charge in [-0.15, -0.1) is 0 Å². The third-order valence-corrected chi connectivity index (χ3v) is 5.43. The first-order valence-electron chi connectivity index (χ1n) is 7.94. The molecule has 0 aromatic rings. The van der Waals surface area contributed by atoms with E-state index in [-0.39, 0.29) is 0 Å². The Morgan fingerprint density at radius 2 is 1.82 bits per heavy atom. The number of hydrogen-bond acceptors (Lipinski definition) is 1. The highest BCUT2D eigenvalue weighted by Gasteiger charge is 2.33. The van der Waals surface area contributed by atoms with E-state index in [9.17, 15) is 0 Å². The van der Waals surface area contributed by atoms with E-state index in [1.165, 1.54) is 70.6 Å². The Morgan fingerprint density at radius 1 is 1.06 bits per heavy atom. The Hall–Kier alpha value is -0.0400. The van der Waals surface area contributed by atoms with Crippen molar-refractivity contribution >= 4 is 0 Å². The third-order valence-electron chi connectivity index (χ3n) is 5.43. The first kappa shape index (κ1) is 13.4. The van der Waals surface area contributed by atoms with Crippen molar-refractivity contribution in [3.8, 4) is 0 Å². The van der Waals surface area contributed by atoms with Crippen molar-refractivity contribution in [2.75, 3.05) is 6.54 Å². The SMILES string of the molecule is CC1CCCC(CN)(CCC2CCCCC2)C1. The van der Waals surface area contributed by atoms with Gasteiger partial charge in [0.15, 0.2) is 0 Å². The Bertz CT molecular complexity index is 220. The van der Waals surface area contributed by atoms with E-state index < -0.39 is 0 Å². The van der Waals surface area contributed by atoms with Crippen LogP contribution in [0.4, 0.5) is 0 Å². The summed E-state index contributed by atoms with van der Waals surface area (Å²) >= 11 is 0. The average molecular weight is 237 g/mol. The molecule has 2 aliphatic carbocycles. The van der Waals surface area contributed by atoms with Crippen molar-refractivity contribution < 1.29 is 0 Å². The molecule has 17 heavy (non-hydrogen) atoms. The minimum atomic E-state index is 0.523. The van der Waals surface area contributed by atoms with E-state index in [0.717, 1.165) is 18.4 Å². The Balaban J connectivity index is 1.81. The van der Waals surface area contributed by atoms with Gasteiger partial charge >= 0.3 is 0 Å². The lowest BCUT2D eigenvalue weighted by molar-refractivity contribution is 0.126. The maximum absolute atomic E-state index is 6.12. The molecule has 100 valence electrons. The normalized spacial score (nSPS) is 36.0. The number of hydrogen-bond donors (Lipinski definition) is 1. The van der Waals surface area contributed by atoms with Crippen LogP contribution in [0.5, 0.6) is 0 Å². The summed E-state index contributed by atoms with van der Waals surface area (Å²) in [6.07, 6.45) is 16.0. The van der Waals surface area contributed by atoms with Crippen molar-refractivity contribution in [2.45, 2.75) is 77.6 Å². The van der Waals surface area contributed by atoms with Gasteiger partial charge in [-0.25, -0.2) is 0 Å². The first-order valence-corrected chi connectivity index (χ1v) is 7.94. The minimum absolute atomic E-state index is 0.523. The van der Waals surface area contributed by atoms with Gasteiger partial charge in [0.25, 0.3) is 0 Å². The van der Waals surface area contributed by atoms with Crippen molar-refractivity contribution in [2.24, 2.45) is 23.0 Å². The minimum Gasteiger partial charge on any atom is -0.330 e. The fourth-order valence-electron chi connectivity index (χ4n) is 4.27. The molecule has 2 rings (SSSR count). The van der Waals surface area contributed by atoms with E-state index in [4.69, 9.17) is 5.73 Å². The Morgan fingerprint density at radius 3 is 2.47 bits per heavy atom. The standard InChI is InChI=1S/C16H31N/c1-14-6-5-10-16(12-14,13-17)11-9-15-7-3-2-4-8-15/h14-15H,2-13,17H2,1H3. The molecule has 1 nitrogen and oxygen atoms in total. The number of rotatable bonds is 4. The lowest BCUT2D eigenvalue weighted by Gasteiger charge is -2.40. The summed E-state index contributed by atoms with van der Waals surface area (Å²) in [4.78, 5) is 0. The predicted octanol–water partition coefficient (Wildman–Crippen LogP) is 4.50. The molecule has 0 aromatic carbocycles. The second-order valence-electron chi connectivity index (χ2n) is 6.95. The van der Waals surface area contributed by atoms with Gasteiger partial charge in [-0.1, -0.05) is 51.9 Å². The molecule has 2 aliphatic rings. The van der Waals surface area contributed by atoms with Gasteiger partial charge in [-0.3, -0.25) is 0 Å². The van der Waals surface area contributed by atoms with Crippen LogP contribution >= 0.6 is 0 Å². The zero-order valence-corrected chi connectivity index (χ0v) is 11.7. The maximum atomic E-state index is 6.12. The molecule has 0 spiro atoms. The summed E-state index contributed by atoms with van der Waals surface area (Å²) in [6, 6.07) is 0. The van der Waals surface area contributed by atoms with Crippen LogP contribution in [0.1, 0.15) is 77.6 Å². The van der Waals surface area contributed by atoms with Crippen LogP contribution in [0.15, 0.2) is 0 Å². The second kappa shape index (κ2) is 6.22. The van der Waals surface area contributed by atoms with Crippen molar-refractivity contribution in [1.82, 2.24) is 0 Å². The third kappa shape index (κ3) is 3.71. The van der Waals surface area contributed by atoms with Gasteiger partial charge in [0.05, 0.1) is 0 Å². The van der Waals surface area contributed by atoms with Crippen LogP contribution in [0.2, 0.25) is 0 Å². The molecular weight excluding hydrogens is 206 g/mol. The van der Waals surface area contributed by atoms with Crippen molar-refractivity contribution in [3.63, 3.8) is 0 Å². The molecule has 0 saturated heterocycles. The second-order valence-corrected chi connectivity index (χ2v) is 6.95. The molecule has 0 heterocycles. The molecule has 2 atom stereocenters. The van der Waals surface area contributed by atoms with Crippen LogP contribution in [0, 0.1) is 17.3 Å². The highest BCUT2D eigenvalue weighted by atomic mass is 14.6. The van der Waals surface area contributed by atoms with Gasteiger partial charge in [-0.05, 0) is 49.5 Å². The van der Waals surface area contributed by atoms with Crippen LogP contribution in [0.25, 0.3) is 0 Å². The highest BCUT2D eigenvalue weighted by molar-refractivity contribution is 4.87. The molecule has 2 saturated carbocycles. The molecular formula is C16H31N. The monoisotopic (exact) mass is 237 g/mol. The van der Waals surface area contributed by atoms with E-state index in [1.54, 1.807) is 0 Å².